The number of aryl methyl sites for hydroxylation is 1. The Labute approximate surface area is 115 Å². The molecular weight excluding hydrogens is 260 g/mol. The molecule has 2 rings (SSSR count). The third-order valence-corrected chi connectivity index (χ3v) is 5.66. The molecule has 0 aromatic heterocycles. The SMILES string of the molecule is Cc1ccc(S(=O)(=O)N2CCC(C)(C)C2)cc1CN. The van der Waals surface area contributed by atoms with Gasteiger partial charge in [0.1, 0.15) is 0 Å². The van der Waals surface area contributed by atoms with Crippen molar-refractivity contribution in [2.75, 3.05) is 13.1 Å². The van der Waals surface area contributed by atoms with Crippen LogP contribution in [0.1, 0.15) is 31.4 Å². The standard InChI is InChI=1S/C14H22N2O2S/c1-11-4-5-13(8-12(11)9-15)19(17,18)16-7-6-14(2,3)10-16/h4-5,8H,6-7,9-10,15H2,1-3H3. The second kappa shape index (κ2) is 4.89. The number of benzene rings is 1. The molecule has 0 saturated carbocycles. The molecule has 0 unspecified atom stereocenters. The minimum Gasteiger partial charge on any atom is -0.326 e. The van der Waals surface area contributed by atoms with E-state index in [9.17, 15) is 8.42 Å². The Balaban J connectivity index is 2.35. The highest BCUT2D eigenvalue weighted by Gasteiger charge is 2.36. The molecule has 1 aliphatic heterocycles. The zero-order valence-corrected chi connectivity index (χ0v) is 12.6. The summed E-state index contributed by atoms with van der Waals surface area (Å²) in [5, 5.41) is 0. The molecule has 0 spiro atoms. The maximum atomic E-state index is 12.6. The van der Waals surface area contributed by atoms with E-state index in [2.05, 4.69) is 13.8 Å². The number of rotatable bonds is 3. The molecular formula is C14H22N2O2S. The number of hydrogen-bond acceptors (Lipinski definition) is 3. The molecule has 0 aliphatic carbocycles. The lowest BCUT2D eigenvalue weighted by Gasteiger charge is -2.20. The first-order chi connectivity index (χ1) is 8.76. The predicted molar refractivity (Wildman–Crippen MR) is 76.2 cm³/mol. The highest BCUT2D eigenvalue weighted by atomic mass is 32.2. The molecule has 0 amide bonds. The zero-order chi connectivity index (χ0) is 14.3. The van der Waals surface area contributed by atoms with Crippen molar-refractivity contribution in [3.8, 4) is 0 Å². The highest BCUT2D eigenvalue weighted by Crippen LogP contribution is 2.33. The summed E-state index contributed by atoms with van der Waals surface area (Å²) >= 11 is 0. The topological polar surface area (TPSA) is 63.4 Å². The molecule has 19 heavy (non-hydrogen) atoms. The van der Waals surface area contributed by atoms with Gasteiger partial charge in [0.15, 0.2) is 0 Å². The van der Waals surface area contributed by atoms with Crippen molar-refractivity contribution in [2.24, 2.45) is 11.1 Å². The molecule has 1 aromatic carbocycles. The molecule has 2 N–H and O–H groups in total. The van der Waals surface area contributed by atoms with Gasteiger partial charge in [-0.1, -0.05) is 19.9 Å². The van der Waals surface area contributed by atoms with E-state index in [1.165, 1.54) is 0 Å². The summed E-state index contributed by atoms with van der Waals surface area (Å²) in [6, 6.07) is 5.21. The van der Waals surface area contributed by atoms with Crippen LogP contribution < -0.4 is 5.73 Å². The third-order valence-electron chi connectivity index (χ3n) is 3.82. The number of hydrogen-bond donors (Lipinski definition) is 1. The highest BCUT2D eigenvalue weighted by molar-refractivity contribution is 7.89. The van der Waals surface area contributed by atoms with E-state index in [0.29, 0.717) is 24.5 Å². The molecule has 0 bridgehead atoms. The van der Waals surface area contributed by atoms with Crippen molar-refractivity contribution in [3.63, 3.8) is 0 Å². The first-order valence-corrected chi connectivity index (χ1v) is 8.00. The van der Waals surface area contributed by atoms with Crippen LogP contribution in [0.5, 0.6) is 0 Å². The molecule has 0 radical (unpaired) electrons. The maximum Gasteiger partial charge on any atom is 0.243 e. The second-order valence-electron chi connectivity index (χ2n) is 6.05. The van der Waals surface area contributed by atoms with Gasteiger partial charge in [-0.3, -0.25) is 0 Å². The smallest absolute Gasteiger partial charge is 0.243 e. The van der Waals surface area contributed by atoms with E-state index < -0.39 is 10.0 Å². The van der Waals surface area contributed by atoms with Crippen LogP contribution >= 0.6 is 0 Å². The van der Waals surface area contributed by atoms with Gasteiger partial charge in [-0.25, -0.2) is 8.42 Å². The van der Waals surface area contributed by atoms with Gasteiger partial charge < -0.3 is 5.73 Å². The van der Waals surface area contributed by atoms with Crippen molar-refractivity contribution < 1.29 is 8.42 Å². The lowest BCUT2D eigenvalue weighted by Crippen LogP contribution is -2.30. The van der Waals surface area contributed by atoms with E-state index in [1.54, 1.807) is 16.4 Å². The van der Waals surface area contributed by atoms with E-state index in [0.717, 1.165) is 17.5 Å². The minimum absolute atomic E-state index is 0.0640. The predicted octanol–water partition coefficient (Wildman–Crippen LogP) is 1.87. The fourth-order valence-electron chi connectivity index (χ4n) is 2.45. The summed E-state index contributed by atoms with van der Waals surface area (Å²) < 4.78 is 26.8. The average Bonchev–Trinajstić information content (AvgIpc) is 2.70. The summed E-state index contributed by atoms with van der Waals surface area (Å²) in [5.74, 6) is 0. The maximum absolute atomic E-state index is 12.6. The van der Waals surface area contributed by atoms with Crippen LogP contribution in [-0.4, -0.2) is 25.8 Å². The monoisotopic (exact) mass is 282 g/mol. The van der Waals surface area contributed by atoms with Crippen molar-refractivity contribution in [2.45, 2.75) is 38.6 Å². The average molecular weight is 282 g/mol. The quantitative estimate of drug-likeness (QED) is 0.920. The van der Waals surface area contributed by atoms with E-state index >= 15 is 0 Å². The van der Waals surface area contributed by atoms with Crippen LogP contribution in [0, 0.1) is 12.3 Å². The Kier molecular flexibility index (Phi) is 3.73. The molecule has 1 saturated heterocycles. The lowest BCUT2D eigenvalue weighted by molar-refractivity contribution is 0.375. The molecule has 1 aliphatic rings. The van der Waals surface area contributed by atoms with Gasteiger partial charge in [-0.15, -0.1) is 0 Å². The van der Waals surface area contributed by atoms with Crippen LogP contribution in [0.2, 0.25) is 0 Å². The molecule has 1 heterocycles. The lowest BCUT2D eigenvalue weighted by atomic mass is 9.93. The van der Waals surface area contributed by atoms with Crippen LogP contribution in [0.25, 0.3) is 0 Å². The van der Waals surface area contributed by atoms with Crippen LogP contribution in [0.4, 0.5) is 0 Å². The van der Waals surface area contributed by atoms with Crippen molar-refractivity contribution >= 4 is 10.0 Å². The third kappa shape index (κ3) is 2.83. The summed E-state index contributed by atoms with van der Waals surface area (Å²) in [6.07, 6.45) is 0.905. The molecule has 1 fully saturated rings. The van der Waals surface area contributed by atoms with Gasteiger partial charge >= 0.3 is 0 Å². The summed E-state index contributed by atoms with van der Waals surface area (Å²) in [5.41, 5.74) is 7.63. The number of sulfonamides is 1. The Hall–Kier alpha value is -0.910. The van der Waals surface area contributed by atoms with E-state index in [4.69, 9.17) is 5.73 Å². The van der Waals surface area contributed by atoms with Crippen LogP contribution in [-0.2, 0) is 16.6 Å². The Morgan fingerprint density at radius 1 is 1.37 bits per heavy atom. The largest absolute Gasteiger partial charge is 0.326 e. The van der Waals surface area contributed by atoms with Gasteiger partial charge in [-0.05, 0) is 42.0 Å². The van der Waals surface area contributed by atoms with Gasteiger partial charge in [0, 0.05) is 19.6 Å². The Bertz CT molecular complexity index is 579. The number of nitrogens with two attached hydrogens (primary N) is 1. The van der Waals surface area contributed by atoms with Crippen molar-refractivity contribution in [1.29, 1.82) is 0 Å². The Morgan fingerprint density at radius 2 is 2.05 bits per heavy atom. The summed E-state index contributed by atoms with van der Waals surface area (Å²) in [7, 11) is -3.38. The Morgan fingerprint density at radius 3 is 2.58 bits per heavy atom. The van der Waals surface area contributed by atoms with Gasteiger partial charge in [-0.2, -0.15) is 4.31 Å². The summed E-state index contributed by atoms with van der Waals surface area (Å²) in [4.78, 5) is 0.358. The first kappa shape index (κ1) is 14.5. The van der Waals surface area contributed by atoms with Gasteiger partial charge in [0.05, 0.1) is 4.90 Å². The van der Waals surface area contributed by atoms with Gasteiger partial charge in [0.2, 0.25) is 10.0 Å². The normalized spacial score (nSPS) is 19.8. The fraction of sp³-hybridized carbons (Fsp3) is 0.571. The van der Waals surface area contributed by atoms with Crippen molar-refractivity contribution in [1.82, 2.24) is 4.31 Å². The molecule has 4 nitrogen and oxygen atoms in total. The second-order valence-corrected chi connectivity index (χ2v) is 7.98. The molecule has 106 valence electrons. The van der Waals surface area contributed by atoms with Crippen LogP contribution in [0.3, 0.4) is 0 Å². The minimum atomic E-state index is -3.38. The molecule has 0 atom stereocenters. The van der Waals surface area contributed by atoms with Crippen LogP contribution in [0.15, 0.2) is 23.1 Å². The zero-order valence-electron chi connectivity index (χ0n) is 11.8. The first-order valence-electron chi connectivity index (χ1n) is 6.56. The molecule has 1 aromatic rings. The number of nitrogens with zero attached hydrogens (tertiary/aromatic N) is 1. The fourth-order valence-corrected chi connectivity index (χ4v) is 4.13. The van der Waals surface area contributed by atoms with Crippen molar-refractivity contribution in [3.05, 3.63) is 29.3 Å². The molecule has 5 heteroatoms. The van der Waals surface area contributed by atoms with Gasteiger partial charge in [0.25, 0.3) is 0 Å². The van der Waals surface area contributed by atoms with E-state index in [-0.39, 0.29) is 5.41 Å². The van der Waals surface area contributed by atoms with E-state index in [1.807, 2.05) is 13.0 Å². The summed E-state index contributed by atoms with van der Waals surface area (Å²) in [6.45, 7) is 7.69.